The molecule has 178 valence electrons. The van der Waals surface area contributed by atoms with Crippen molar-refractivity contribution in [1.82, 2.24) is 4.98 Å². The molecule has 0 aliphatic carbocycles. The molecule has 0 spiro atoms. The van der Waals surface area contributed by atoms with Gasteiger partial charge in [0.15, 0.2) is 11.5 Å². The molecule has 0 radical (unpaired) electrons. The number of nitrogens with one attached hydrogen (secondary N) is 1. The number of nitrogens with zero attached hydrogens (tertiary/aromatic N) is 2. The second kappa shape index (κ2) is 11.3. The first-order valence-corrected chi connectivity index (χ1v) is 12.4. The van der Waals surface area contributed by atoms with Gasteiger partial charge in [0.1, 0.15) is 6.61 Å². The molecule has 1 heterocycles. The molecule has 5 nitrogen and oxygen atoms in total. The van der Waals surface area contributed by atoms with Gasteiger partial charge in [0.25, 0.3) is 0 Å². The lowest BCUT2D eigenvalue weighted by molar-refractivity contribution is 0.284. The van der Waals surface area contributed by atoms with Crippen LogP contribution in [0.3, 0.4) is 0 Å². The van der Waals surface area contributed by atoms with E-state index in [2.05, 4.69) is 34.8 Å². The second-order valence-corrected chi connectivity index (χ2v) is 8.98. The highest BCUT2D eigenvalue weighted by atomic mass is 32.1. The number of hydrogen-bond donors (Lipinski definition) is 1. The van der Waals surface area contributed by atoms with E-state index >= 15 is 0 Å². The number of anilines is 1. The molecule has 0 saturated heterocycles. The summed E-state index contributed by atoms with van der Waals surface area (Å²) < 4.78 is 11.5. The summed E-state index contributed by atoms with van der Waals surface area (Å²) in [4.78, 5) is 5.94. The molecule has 6 heteroatoms. The Balaban J connectivity index is 1.32. The van der Waals surface area contributed by atoms with Crippen molar-refractivity contribution in [1.29, 1.82) is 0 Å². The standard InChI is InChI=1S/C30H25N3O2S/c1-34-27-19-23(17-18-26(27)35-21-22-11-5-2-6-12-22)20-31-33-30-32-28(24-13-7-3-8-14-24)29(36-30)25-15-9-4-10-16-25/h2-20H,21H2,1H3,(H,32,33)/b31-20-. The molecule has 1 N–H and O–H groups in total. The van der Waals surface area contributed by atoms with Gasteiger partial charge >= 0.3 is 0 Å². The molecule has 4 aromatic carbocycles. The molecular formula is C30H25N3O2S. The van der Waals surface area contributed by atoms with E-state index in [0.717, 1.165) is 38.0 Å². The van der Waals surface area contributed by atoms with Gasteiger partial charge < -0.3 is 9.47 Å². The van der Waals surface area contributed by atoms with Gasteiger partial charge in [-0.2, -0.15) is 5.10 Å². The summed E-state index contributed by atoms with van der Waals surface area (Å²) in [6.07, 6.45) is 1.75. The largest absolute Gasteiger partial charge is 0.493 e. The predicted molar refractivity (Wildman–Crippen MR) is 148 cm³/mol. The fourth-order valence-electron chi connectivity index (χ4n) is 3.73. The van der Waals surface area contributed by atoms with Gasteiger partial charge in [0.2, 0.25) is 5.13 Å². The van der Waals surface area contributed by atoms with Crippen molar-refractivity contribution in [2.24, 2.45) is 5.10 Å². The maximum absolute atomic E-state index is 5.95. The van der Waals surface area contributed by atoms with Crippen LogP contribution in [-0.2, 0) is 6.61 Å². The number of hydrazone groups is 1. The average molecular weight is 492 g/mol. The fraction of sp³-hybridized carbons (Fsp3) is 0.0667. The summed E-state index contributed by atoms with van der Waals surface area (Å²) in [7, 11) is 1.63. The second-order valence-electron chi connectivity index (χ2n) is 7.98. The highest BCUT2D eigenvalue weighted by Gasteiger charge is 2.14. The van der Waals surface area contributed by atoms with Crippen molar-refractivity contribution in [3.63, 3.8) is 0 Å². The Bertz CT molecular complexity index is 1380. The molecule has 1 aromatic heterocycles. The lowest BCUT2D eigenvalue weighted by Gasteiger charge is -2.11. The zero-order valence-electron chi connectivity index (χ0n) is 19.8. The smallest absolute Gasteiger partial charge is 0.204 e. The van der Waals surface area contributed by atoms with Gasteiger partial charge in [-0.3, -0.25) is 5.43 Å². The lowest BCUT2D eigenvalue weighted by atomic mass is 10.1. The molecule has 0 saturated carbocycles. The first-order chi connectivity index (χ1) is 17.8. The topological polar surface area (TPSA) is 55.7 Å². The van der Waals surface area contributed by atoms with Crippen LogP contribution < -0.4 is 14.9 Å². The minimum absolute atomic E-state index is 0.476. The van der Waals surface area contributed by atoms with Crippen molar-refractivity contribution < 1.29 is 9.47 Å². The van der Waals surface area contributed by atoms with E-state index in [1.807, 2.05) is 84.9 Å². The zero-order chi connectivity index (χ0) is 24.6. The maximum atomic E-state index is 5.95. The van der Waals surface area contributed by atoms with Crippen molar-refractivity contribution in [2.75, 3.05) is 12.5 Å². The number of ether oxygens (including phenoxy) is 2. The van der Waals surface area contributed by atoms with Crippen LogP contribution in [0.2, 0.25) is 0 Å². The Labute approximate surface area is 214 Å². The van der Waals surface area contributed by atoms with Crippen molar-refractivity contribution in [3.8, 4) is 33.2 Å². The average Bonchev–Trinajstić information content (AvgIpc) is 3.38. The maximum Gasteiger partial charge on any atom is 0.204 e. The van der Waals surface area contributed by atoms with Crippen LogP contribution in [0.5, 0.6) is 11.5 Å². The highest BCUT2D eigenvalue weighted by Crippen LogP contribution is 2.39. The molecule has 0 bridgehead atoms. The highest BCUT2D eigenvalue weighted by molar-refractivity contribution is 7.19. The first kappa shape index (κ1) is 23.3. The molecule has 0 aliphatic heterocycles. The Morgan fingerprint density at radius 3 is 2.17 bits per heavy atom. The van der Waals surface area contributed by atoms with Gasteiger partial charge in [-0.1, -0.05) is 102 Å². The number of methoxy groups -OCH3 is 1. The lowest BCUT2D eigenvalue weighted by Crippen LogP contribution is -1.98. The van der Waals surface area contributed by atoms with E-state index < -0.39 is 0 Å². The molecule has 0 fully saturated rings. The van der Waals surface area contributed by atoms with Crippen LogP contribution in [0, 0.1) is 0 Å². The predicted octanol–water partition coefficient (Wildman–Crippen LogP) is 7.51. The van der Waals surface area contributed by atoms with E-state index in [4.69, 9.17) is 14.5 Å². The van der Waals surface area contributed by atoms with Crippen molar-refractivity contribution >= 4 is 22.7 Å². The van der Waals surface area contributed by atoms with Crippen LogP contribution in [0.4, 0.5) is 5.13 Å². The van der Waals surface area contributed by atoms with Crippen LogP contribution in [-0.4, -0.2) is 18.3 Å². The normalized spacial score (nSPS) is 10.9. The molecule has 5 aromatic rings. The molecule has 5 rings (SSSR count). The van der Waals surface area contributed by atoms with E-state index in [-0.39, 0.29) is 0 Å². The quantitative estimate of drug-likeness (QED) is 0.171. The third kappa shape index (κ3) is 5.62. The van der Waals surface area contributed by atoms with E-state index in [9.17, 15) is 0 Å². The summed E-state index contributed by atoms with van der Waals surface area (Å²) in [5.74, 6) is 1.34. The summed E-state index contributed by atoms with van der Waals surface area (Å²) in [5.41, 5.74) is 8.21. The minimum Gasteiger partial charge on any atom is -0.493 e. The van der Waals surface area contributed by atoms with Crippen LogP contribution in [0.15, 0.2) is 114 Å². The molecule has 0 amide bonds. The SMILES string of the molecule is COc1cc(/C=N\Nc2nc(-c3ccccc3)c(-c3ccccc3)s2)ccc1OCc1ccccc1. The minimum atomic E-state index is 0.476. The van der Waals surface area contributed by atoms with Gasteiger partial charge in [-0.05, 0) is 34.9 Å². The summed E-state index contributed by atoms with van der Waals surface area (Å²) in [5, 5.41) is 5.15. The van der Waals surface area contributed by atoms with Crippen LogP contribution >= 0.6 is 11.3 Å². The Morgan fingerprint density at radius 1 is 0.806 bits per heavy atom. The monoisotopic (exact) mass is 491 g/mol. The number of rotatable bonds is 9. The van der Waals surface area contributed by atoms with E-state index in [1.54, 1.807) is 24.7 Å². The molecule has 0 atom stereocenters. The van der Waals surface area contributed by atoms with Gasteiger partial charge in [-0.25, -0.2) is 4.98 Å². The van der Waals surface area contributed by atoms with E-state index in [0.29, 0.717) is 18.1 Å². The molecule has 36 heavy (non-hydrogen) atoms. The zero-order valence-corrected chi connectivity index (χ0v) is 20.6. The number of hydrogen-bond acceptors (Lipinski definition) is 6. The number of aromatic nitrogens is 1. The third-order valence-corrected chi connectivity index (χ3v) is 6.52. The Morgan fingerprint density at radius 2 is 1.47 bits per heavy atom. The number of thiazole rings is 1. The summed E-state index contributed by atoms with van der Waals surface area (Å²) in [6, 6.07) is 36.3. The summed E-state index contributed by atoms with van der Waals surface area (Å²) >= 11 is 1.58. The fourth-order valence-corrected chi connectivity index (χ4v) is 4.67. The molecule has 0 unspecified atom stereocenters. The first-order valence-electron chi connectivity index (χ1n) is 11.6. The Kier molecular flexibility index (Phi) is 7.35. The molecule has 0 aliphatic rings. The summed E-state index contributed by atoms with van der Waals surface area (Å²) in [6.45, 7) is 0.476. The van der Waals surface area contributed by atoms with E-state index in [1.165, 1.54) is 0 Å². The van der Waals surface area contributed by atoms with Crippen molar-refractivity contribution in [3.05, 3.63) is 120 Å². The van der Waals surface area contributed by atoms with Gasteiger partial charge in [-0.15, -0.1) is 0 Å². The van der Waals surface area contributed by atoms with Crippen LogP contribution in [0.1, 0.15) is 11.1 Å². The Hall–Kier alpha value is -4.42. The number of benzene rings is 4. The van der Waals surface area contributed by atoms with Gasteiger partial charge in [0.05, 0.1) is 23.9 Å². The molecular weight excluding hydrogens is 466 g/mol. The third-order valence-electron chi connectivity index (χ3n) is 5.51. The van der Waals surface area contributed by atoms with Crippen molar-refractivity contribution in [2.45, 2.75) is 6.61 Å². The van der Waals surface area contributed by atoms with Gasteiger partial charge in [0, 0.05) is 5.56 Å². The van der Waals surface area contributed by atoms with Crippen LogP contribution in [0.25, 0.3) is 21.7 Å².